The zero-order valence-corrected chi connectivity index (χ0v) is 10.3. The molecule has 0 fully saturated rings. The van der Waals surface area contributed by atoms with E-state index in [2.05, 4.69) is 20.2 Å². The lowest BCUT2D eigenvalue weighted by atomic mass is 10.4. The van der Waals surface area contributed by atoms with Gasteiger partial charge in [-0.05, 0) is 18.0 Å². The smallest absolute Gasteiger partial charge is 0.225 e. The zero-order chi connectivity index (χ0) is 11.4. The molecule has 0 aliphatic carbocycles. The number of fused-ring (bicyclic) bond motifs is 1. The van der Waals surface area contributed by atoms with Gasteiger partial charge in [-0.2, -0.15) is 10.1 Å². The van der Waals surface area contributed by atoms with E-state index in [1.54, 1.807) is 25.1 Å². The lowest BCUT2D eigenvalue weighted by Crippen LogP contribution is -1.92. The topological polar surface area (TPSA) is 63.7 Å². The minimum Gasteiger partial charge on any atom is -0.385 e. The van der Waals surface area contributed by atoms with Gasteiger partial charge in [0.15, 0.2) is 5.65 Å². The summed E-state index contributed by atoms with van der Waals surface area (Å²) in [6, 6.07) is 0. The van der Waals surface area contributed by atoms with Crippen molar-refractivity contribution in [3.8, 4) is 0 Å². The molecule has 16 heavy (non-hydrogen) atoms. The first-order valence-electron chi connectivity index (χ1n) is 4.79. The van der Waals surface area contributed by atoms with Crippen molar-refractivity contribution >= 4 is 34.4 Å². The molecule has 2 heterocycles. The molecular weight excluding hydrogens is 248 g/mol. The van der Waals surface area contributed by atoms with Crippen LogP contribution in [0.3, 0.4) is 0 Å². The molecule has 86 valence electrons. The number of H-pyrrole nitrogens is 1. The van der Waals surface area contributed by atoms with Gasteiger partial charge < -0.3 is 4.74 Å². The molecule has 0 aliphatic rings. The van der Waals surface area contributed by atoms with E-state index < -0.39 is 0 Å². The minimum absolute atomic E-state index is 0.242. The number of rotatable bonds is 5. The van der Waals surface area contributed by atoms with Gasteiger partial charge in [-0.3, -0.25) is 5.10 Å². The summed E-state index contributed by atoms with van der Waals surface area (Å²) >= 11 is 7.45. The van der Waals surface area contributed by atoms with Crippen LogP contribution in [0.25, 0.3) is 11.0 Å². The third kappa shape index (κ3) is 2.63. The first kappa shape index (κ1) is 11.6. The van der Waals surface area contributed by atoms with Gasteiger partial charge in [0, 0.05) is 19.5 Å². The molecule has 0 saturated heterocycles. The fourth-order valence-corrected chi connectivity index (χ4v) is 2.40. The third-order valence-electron chi connectivity index (χ3n) is 1.98. The highest BCUT2D eigenvalue weighted by molar-refractivity contribution is 7.99. The molecule has 0 radical (unpaired) electrons. The normalized spacial score (nSPS) is 11.1. The zero-order valence-electron chi connectivity index (χ0n) is 8.73. The summed E-state index contributed by atoms with van der Waals surface area (Å²) in [5.41, 5.74) is 0.675. The van der Waals surface area contributed by atoms with Gasteiger partial charge in [0.05, 0.1) is 11.6 Å². The van der Waals surface area contributed by atoms with Crippen molar-refractivity contribution in [3.63, 3.8) is 0 Å². The second kappa shape index (κ2) is 5.47. The maximum Gasteiger partial charge on any atom is 0.225 e. The number of methoxy groups -OCH3 is 1. The number of ether oxygens (including phenoxy) is 1. The van der Waals surface area contributed by atoms with E-state index in [1.165, 1.54) is 0 Å². The van der Waals surface area contributed by atoms with Gasteiger partial charge in [-0.25, -0.2) is 4.98 Å². The molecular formula is C9H11ClN4OS. The SMILES string of the molecule is COCCCSc1nc(Cl)nc2[nH]ncc12. The molecule has 0 unspecified atom stereocenters. The van der Waals surface area contributed by atoms with Gasteiger partial charge >= 0.3 is 0 Å². The number of halogens is 1. The lowest BCUT2D eigenvalue weighted by molar-refractivity contribution is 0.200. The van der Waals surface area contributed by atoms with Crippen molar-refractivity contribution < 1.29 is 4.74 Å². The average Bonchev–Trinajstić information content (AvgIpc) is 2.72. The van der Waals surface area contributed by atoms with Crippen LogP contribution in [0.1, 0.15) is 6.42 Å². The molecule has 2 rings (SSSR count). The van der Waals surface area contributed by atoms with Crippen LogP contribution in [0.15, 0.2) is 11.2 Å². The first-order chi connectivity index (χ1) is 7.81. The number of nitrogens with zero attached hydrogens (tertiary/aromatic N) is 3. The highest BCUT2D eigenvalue weighted by Crippen LogP contribution is 2.25. The van der Waals surface area contributed by atoms with Crippen LogP contribution in [-0.4, -0.2) is 39.6 Å². The van der Waals surface area contributed by atoms with Crippen molar-refractivity contribution in [2.75, 3.05) is 19.5 Å². The molecule has 0 spiro atoms. The number of aromatic amines is 1. The van der Waals surface area contributed by atoms with Gasteiger partial charge in [-0.15, -0.1) is 11.8 Å². The number of hydrogen-bond acceptors (Lipinski definition) is 5. The molecule has 0 saturated carbocycles. The molecule has 0 bridgehead atoms. The van der Waals surface area contributed by atoms with Crippen LogP contribution < -0.4 is 0 Å². The lowest BCUT2D eigenvalue weighted by Gasteiger charge is -2.02. The Morgan fingerprint density at radius 2 is 2.38 bits per heavy atom. The van der Waals surface area contributed by atoms with E-state index in [4.69, 9.17) is 16.3 Å². The Labute approximate surface area is 102 Å². The highest BCUT2D eigenvalue weighted by atomic mass is 35.5. The fraction of sp³-hybridized carbons (Fsp3) is 0.444. The quantitative estimate of drug-likeness (QED) is 0.385. The third-order valence-corrected chi connectivity index (χ3v) is 3.23. The molecule has 0 aromatic carbocycles. The molecule has 5 nitrogen and oxygen atoms in total. The van der Waals surface area contributed by atoms with E-state index in [9.17, 15) is 0 Å². The second-order valence-electron chi connectivity index (χ2n) is 3.12. The van der Waals surface area contributed by atoms with Crippen LogP contribution in [0.2, 0.25) is 5.28 Å². The number of hydrogen-bond donors (Lipinski definition) is 1. The maximum absolute atomic E-state index is 5.81. The molecule has 2 aromatic heterocycles. The van der Waals surface area contributed by atoms with Gasteiger partial charge in [0.1, 0.15) is 5.03 Å². The Balaban J connectivity index is 2.12. The van der Waals surface area contributed by atoms with Crippen LogP contribution in [0.5, 0.6) is 0 Å². The monoisotopic (exact) mass is 258 g/mol. The van der Waals surface area contributed by atoms with Gasteiger partial charge in [0.25, 0.3) is 0 Å². The Morgan fingerprint density at radius 3 is 3.19 bits per heavy atom. The summed E-state index contributed by atoms with van der Waals surface area (Å²) in [5.74, 6) is 0.932. The first-order valence-corrected chi connectivity index (χ1v) is 6.16. The van der Waals surface area contributed by atoms with Crippen molar-refractivity contribution in [3.05, 3.63) is 11.5 Å². The summed E-state index contributed by atoms with van der Waals surface area (Å²) in [7, 11) is 1.69. The largest absolute Gasteiger partial charge is 0.385 e. The standard InChI is InChI=1S/C9H11ClN4OS/c1-15-3-2-4-16-8-6-5-11-14-7(6)12-9(10)13-8/h5H,2-4H2,1H3,(H,11,12,13,14). The predicted molar refractivity (Wildman–Crippen MR) is 63.9 cm³/mol. The van der Waals surface area contributed by atoms with Gasteiger partial charge in [-0.1, -0.05) is 0 Å². The van der Waals surface area contributed by atoms with Crippen molar-refractivity contribution in [1.29, 1.82) is 0 Å². The van der Waals surface area contributed by atoms with E-state index >= 15 is 0 Å². The minimum atomic E-state index is 0.242. The number of aromatic nitrogens is 4. The summed E-state index contributed by atoms with van der Waals surface area (Å²) in [6.45, 7) is 0.750. The highest BCUT2D eigenvalue weighted by Gasteiger charge is 2.08. The average molecular weight is 259 g/mol. The summed E-state index contributed by atoms with van der Waals surface area (Å²) in [6.07, 6.45) is 2.69. The molecule has 2 aromatic rings. The summed E-state index contributed by atoms with van der Waals surface area (Å²) in [5, 5.41) is 8.71. The molecule has 1 N–H and O–H groups in total. The molecule has 0 atom stereocenters. The Kier molecular flexibility index (Phi) is 3.98. The van der Waals surface area contributed by atoms with Crippen LogP contribution in [0.4, 0.5) is 0 Å². The molecule has 7 heteroatoms. The van der Waals surface area contributed by atoms with Gasteiger partial charge in [0.2, 0.25) is 5.28 Å². The number of nitrogens with one attached hydrogen (secondary N) is 1. The second-order valence-corrected chi connectivity index (χ2v) is 4.55. The van der Waals surface area contributed by atoms with Crippen molar-refractivity contribution in [2.24, 2.45) is 0 Å². The fourth-order valence-electron chi connectivity index (χ4n) is 1.26. The maximum atomic E-state index is 5.81. The van der Waals surface area contributed by atoms with Crippen LogP contribution in [0, 0.1) is 0 Å². The van der Waals surface area contributed by atoms with E-state index in [1.807, 2.05) is 0 Å². The van der Waals surface area contributed by atoms with E-state index in [0.29, 0.717) is 5.65 Å². The molecule has 0 aliphatic heterocycles. The summed E-state index contributed by atoms with van der Waals surface area (Å²) < 4.78 is 4.99. The van der Waals surface area contributed by atoms with Crippen LogP contribution in [-0.2, 0) is 4.74 Å². The van der Waals surface area contributed by atoms with Crippen LogP contribution >= 0.6 is 23.4 Å². The Hall–Kier alpha value is -0.850. The number of thioether (sulfide) groups is 1. The molecule has 0 amide bonds. The van der Waals surface area contributed by atoms with E-state index in [0.717, 1.165) is 29.2 Å². The summed E-state index contributed by atoms with van der Waals surface area (Å²) in [4.78, 5) is 8.23. The van der Waals surface area contributed by atoms with E-state index in [-0.39, 0.29) is 5.28 Å². The van der Waals surface area contributed by atoms with Crippen molar-refractivity contribution in [1.82, 2.24) is 20.2 Å². The predicted octanol–water partition coefficient (Wildman–Crippen LogP) is 2.13. The Morgan fingerprint density at radius 1 is 1.50 bits per heavy atom. The van der Waals surface area contributed by atoms with Crippen molar-refractivity contribution in [2.45, 2.75) is 11.4 Å². The Bertz CT molecular complexity index is 475.